The predicted octanol–water partition coefficient (Wildman–Crippen LogP) is 2.59. The lowest BCUT2D eigenvalue weighted by atomic mass is 10.1. The summed E-state index contributed by atoms with van der Waals surface area (Å²) in [5.41, 5.74) is 5.23. The van der Waals surface area contributed by atoms with Crippen molar-refractivity contribution < 1.29 is 0 Å². The largest absolute Gasteiger partial charge is 0.369 e. The van der Waals surface area contributed by atoms with Crippen LogP contribution in [0.3, 0.4) is 0 Å². The van der Waals surface area contributed by atoms with Gasteiger partial charge in [0.25, 0.3) is 0 Å². The molecule has 0 fully saturated rings. The molecule has 0 heterocycles. The molecule has 5 N–H and O–H groups in total. The van der Waals surface area contributed by atoms with Gasteiger partial charge in [0.2, 0.25) is 5.96 Å². The number of nitrogens with zero attached hydrogens (tertiary/aromatic N) is 1. The van der Waals surface area contributed by atoms with E-state index in [1.807, 2.05) is 0 Å². The molecule has 0 rings (SSSR count). The lowest BCUT2D eigenvalue weighted by Crippen LogP contribution is -2.42. The highest BCUT2D eigenvalue weighted by Crippen LogP contribution is 2.09. The summed E-state index contributed by atoms with van der Waals surface area (Å²) in [5, 5.41) is 8.40. The van der Waals surface area contributed by atoms with E-state index >= 15 is 0 Å². The fourth-order valence-electron chi connectivity index (χ4n) is 1.71. The zero-order valence-corrected chi connectivity index (χ0v) is 10.7. The molecule has 0 radical (unpaired) electrons. The molecule has 0 aromatic heterocycles. The molecule has 4 heteroatoms. The molecule has 0 aromatic rings. The summed E-state index contributed by atoms with van der Waals surface area (Å²) in [5.74, 6) is 5.45. The van der Waals surface area contributed by atoms with Crippen LogP contribution in [0, 0.1) is 5.41 Å². The molecule has 0 aliphatic rings. The van der Waals surface area contributed by atoms with Crippen molar-refractivity contribution in [3.63, 3.8) is 0 Å². The van der Waals surface area contributed by atoms with Crippen LogP contribution < -0.4 is 11.6 Å². The molecule has 0 amide bonds. The Morgan fingerprint density at radius 3 is 1.81 bits per heavy atom. The zero-order valence-electron chi connectivity index (χ0n) is 10.7. The van der Waals surface area contributed by atoms with Crippen molar-refractivity contribution >= 4 is 5.96 Å². The van der Waals surface area contributed by atoms with Crippen LogP contribution in [0.4, 0.5) is 0 Å². The van der Waals surface area contributed by atoms with Crippen LogP contribution in [-0.4, -0.2) is 17.5 Å². The van der Waals surface area contributed by atoms with Crippen LogP contribution in [0.5, 0.6) is 0 Å². The number of hydrogen-bond acceptors (Lipinski definition) is 2. The number of guanidine groups is 1. The van der Waals surface area contributed by atoms with Crippen LogP contribution in [0.2, 0.25) is 0 Å². The molecule has 0 aliphatic carbocycles. The maximum absolute atomic E-state index is 7.09. The molecule has 0 saturated carbocycles. The fraction of sp³-hybridized carbons (Fsp3) is 0.917. The smallest absolute Gasteiger partial charge is 0.202 e. The van der Waals surface area contributed by atoms with Crippen molar-refractivity contribution in [3.05, 3.63) is 0 Å². The minimum Gasteiger partial charge on any atom is -0.369 e. The minimum atomic E-state index is -0.0421. The Kier molecular flexibility index (Phi) is 10.2. The Balaban J connectivity index is 3.07. The van der Waals surface area contributed by atoms with E-state index < -0.39 is 0 Å². The molecule has 96 valence electrons. The Hall–Kier alpha value is -0.770. The SMILES string of the molecule is CCCCCCCCCCCN(N)C(=N)N. The maximum atomic E-state index is 7.09. The van der Waals surface area contributed by atoms with Gasteiger partial charge in [-0.1, -0.05) is 58.3 Å². The summed E-state index contributed by atoms with van der Waals surface area (Å²) in [6.07, 6.45) is 11.6. The molecule has 0 aliphatic heterocycles. The normalized spacial score (nSPS) is 10.4. The zero-order chi connectivity index (χ0) is 12.2. The van der Waals surface area contributed by atoms with E-state index in [4.69, 9.17) is 17.0 Å². The Bertz CT molecular complexity index is 170. The van der Waals surface area contributed by atoms with E-state index in [2.05, 4.69) is 6.92 Å². The molecule has 0 bridgehead atoms. The van der Waals surface area contributed by atoms with Crippen LogP contribution in [-0.2, 0) is 0 Å². The molecule has 0 aromatic carbocycles. The monoisotopic (exact) mass is 228 g/mol. The van der Waals surface area contributed by atoms with Crippen LogP contribution in [0.15, 0.2) is 0 Å². The van der Waals surface area contributed by atoms with E-state index in [-0.39, 0.29) is 5.96 Å². The lowest BCUT2D eigenvalue weighted by Gasteiger charge is -2.15. The summed E-state index contributed by atoms with van der Waals surface area (Å²) in [6.45, 7) is 2.94. The van der Waals surface area contributed by atoms with Crippen molar-refractivity contribution in [2.24, 2.45) is 11.6 Å². The quantitative estimate of drug-likeness (QED) is 0.177. The van der Waals surface area contributed by atoms with E-state index in [0.717, 1.165) is 6.42 Å². The fourth-order valence-corrected chi connectivity index (χ4v) is 1.71. The number of nitrogens with one attached hydrogen (secondary N) is 1. The van der Waals surface area contributed by atoms with Crippen LogP contribution in [0.1, 0.15) is 64.7 Å². The van der Waals surface area contributed by atoms with Gasteiger partial charge in [-0.15, -0.1) is 0 Å². The van der Waals surface area contributed by atoms with Gasteiger partial charge in [-0.2, -0.15) is 0 Å². The van der Waals surface area contributed by atoms with Crippen molar-refractivity contribution in [2.75, 3.05) is 6.54 Å². The number of rotatable bonds is 10. The molecule has 0 unspecified atom stereocenters. The van der Waals surface area contributed by atoms with Gasteiger partial charge < -0.3 is 5.73 Å². The summed E-state index contributed by atoms with van der Waals surface area (Å²) in [4.78, 5) is 0. The van der Waals surface area contributed by atoms with Crippen molar-refractivity contribution in [2.45, 2.75) is 64.7 Å². The van der Waals surface area contributed by atoms with Crippen LogP contribution in [0.25, 0.3) is 0 Å². The number of hydrazine groups is 1. The molecule has 0 spiro atoms. The first-order valence-corrected chi connectivity index (χ1v) is 6.54. The Morgan fingerprint density at radius 2 is 1.38 bits per heavy atom. The summed E-state index contributed by atoms with van der Waals surface area (Å²) in [7, 11) is 0. The van der Waals surface area contributed by atoms with Gasteiger partial charge in [-0.25, -0.2) is 5.84 Å². The second-order valence-corrected chi connectivity index (χ2v) is 4.41. The number of hydrogen-bond donors (Lipinski definition) is 3. The minimum absolute atomic E-state index is 0.0421. The predicted molar refractivity (Wildman–Crippen MR) is 70.0 cm³/mol. The molecular weight excluding hydrogens is 200 g/mol. The molecule has 0 atom stereocenters. The van der Waals surface area contributed by atoms with Crippen molar-refractivity contribution in [1.29, 1.82) is 5.41 Å². The first-order valence-electron chi connectivity index (χ1n) is 6.54. The van der Waals surface area contributed by atoms with Gasteiger partial charge in [0.1, 0.15) is 0 Å². The van der Waals surface area contributed by atoms with Crippen molar-refractivity contribution in [3.8, 4) is 0 Å². The van der Waals surface area contributed by atoms with E-state index in [0.29, 0.717) is 6.54 Å². The maximum Gasteiger partial charge on any atom is 0.202 e. The third-order valence-electron chi connectivity index (χ3n) is 2.81. The molecular formula is C12H28N4. The highest BCUT2D eigenvalue weighted by atomic mass is 15.4. The molecule has 16 heavy (non-hydrogen) atoms. The second kappa shape index (κ2) is 10.7. The topological polar surface area (TPSA) is 79.1 Å². The second-order valence-electron chi connectivity index (χ2n) is 4.41. The highest BCUT2D eigenvalue weighted by molar-refractivity contribution is 5.73. The summed E-state index contributed by atoms with van der Waals surface area (Å²) in [6, 6.07) is 0. The van der Waals surface area contributed by atoms with Crippen molar-refractivity contribution in [1.82, 2.24) is 5.01 Å². The van der Waals surface area contributed by atoms with E-state index in [9.17, 15) is 0 Å². The summed E-state index contributed by atoms with van der Waals surface area (Å²) < 4.78 is 0. The Labute approximate surface area is 99.8 Å². The molecule has 0 saturated heterocycles. The first kappa shape index (κ1) is 15.2. The average molecular weight is 228 g/mol. The first-order chi connectivity index (χ1) is 7.68. The Morgan fingerprint density at radius 1 is 0.938 bits per heavy atom. The van der Waals surface area contributed by atoms with Gasteiger partial charge in [0.15, 0.2) is 0 Å². The van der Waals surface area contributed by atoms with Gasteiger partial charge >= 0.3 is 0 Å². The van der Waals surface area contributed by atoms with Gasteiger partial charge in [-0.3, -0.25) is 10.4 Å². The lowest BCUT2D eigenvalue weighted by molar-refractivity contribution is 0.409. The van der Waals surface area contributed by atoms with Gasteiger partial charge in [-0.05, 0) is 6.42 Å². The number of nitrogens with two attached hydrogens (primary N) is 2. The third kappa shape index (κ3) is 9.77. The highest BCUT2D eigenvalue weighted by Gasteiger charge is 1.98. The third-order valence-corrected chi connectivity index (χ3v) is 2.81. The van der Waals surface area contributed by atoms with E-state index in [1.165, 1.54) is 56.4 Å². The van der Waals surface area contributed by atoms with E-state index in [1.54, 1.807) is 0 Å². The van der Waals surface area contributed by atoms with Gasteiger partial charge in [0.05, 0.1) is 0 Å². The number of unbranched alkanes of at least 4 members (excludes halogenated alkanes) is 8. The molecule has 4 nitrogen and oxygen atoms in total. The standard InChI is InChI=1S/C12H28N4/c1-2-3-4-5-6-7-8-9-10-11-16(15)12(13)14/h2-11,15H2,1H3,(H3,13,14). The van der Waals surface area contributed by atoms with Gasteiger partial charge in [0, 0.05) is 6.54 Å². The summed E-state index contributed by atoms with van der Waals surface area (Å²) >= 11 is 0. The van der Waals surface area contributed by atoms with Crippen LogP contribution >= 0.6 is 0 Å². The average Bonchev–Trinajstić information content (AvgIpc) is 2.26.